The number of halogens is 1. The fraction of sp³-hybridized carbons (Fsp3) is 0.312. The lowest BCUT2D eigenvalue weighted by Crippen LogP contribution is -2.36. The molecule has 0 fully saturated rings. The third-order valence-corrected chi connectivity index (χ3v) is 4.05. The van der Waals surface area contributed by atoms with Crippen LogP contribution in [0.3, 0.4) is 0 Å². The molecule has 27 heavy (non-hydrogen) atoms. The largest absolute Gasteiger partial charge is 0.484 e. The smallest absolute Gasteiger partial charge is 0.415 e. The van der Waals surface area contributed by atoms with E-state index in [1.165, 1.54) is 18.3 Å². The molecule has 0 radical (unpaired) electrons. The van der Waals surface area contributed by atoms with Crippen molar-refractivity contribution >= 4 is 5.82 Å². The van der Waals surface area contributed by atoms with E-state index >= 15 is 0 Å². The number of nitro groups is 1. The molecule has 11 heteroatoms. The summed E-state index contributed by atoms with van der Waals surface area (Å²) < 4.78 is 27.9. The minimum atomic E-state index is -0.672. The Hall–Kier alpha value is -3.50. The lowest BCUT2D eigenvalue weighted by atomic mass is 10.1. The summed E-state index contributed by atoms with van der Waals surface area (Å²) in [4.78, 5) is 14.0. The second-order valence-electron chi connectivity index (χ2n) is 6.45. The van der Waals surface area contributed by atoms with Crippen molar-refractivity contribution in [3.05, 3.63) is 58.3 Å². The lowest BCUT2D eigenvalue weighted by molar-refractivity contribution is -0.389. The predicted octanol–water partition coefficient (Wildman–Crippen LogP) is 1.95. The molecule has 0 unspecified atom stereocenters. The molecular formula is C16H15FN6O4. The Bertz CT molecular complexity index is 977. The standard InChI is InChI=1S/C16H15FN6O4/c1-16(9-21-7-14(23(24)25)18-15(21)27-16)10-22-6-11(19-20-22)8-26-13-5-3-2-4-12(13)17/h2-7H,8-10H2,1H3/t16-/m1/s1. The molecule has 0 aliphatic carbocycles. The van der Waals surface area contributed by atoms with Gasteiger partial charge in [-0.25, -0.2) is 9.07 Å². The summed E-state index contributed by atoms with van der Waals surface area (Å²) in [6.07, 6.45) is 3.02. The SMILES string of the molecule is C[C@]1(Cn2cc(COc3ccccc3F)nn2)Cn2cc([N+](=O)[O-])nc2O1. The van der Waals surface area contributed by atoms with Gasteiger partial charge in [-0.2, -0.15) is 0 Å². The van der Waals surface area contributed by atoms with Crippen molar-refractivity contribution < 1.29 is 18.8 Å². The van der Waals surface area contributed by atoms with Gasteiger partial charge in [0.2, 0.25) is 0 Å². The monoisotopic (exact) mass is 374 g/mol. The van der Waals surface area contributed by atoms with Gasteiger partial charge >= 0.3 is 11.8 Å². The fourth-order valence-corrected chi connectivity index (χ4v) is 2.90. The molecule has 1 aliphatic rings. The Morgan fingerprint density at radius 3 is 2.96 bits per heavy atom. The van der Waals surface area contributed by atoms with E-state index in [4.69, 9.17) is 9.47 Å². The molecule has 0 bridgehead atoms. The van der Waals surface area contributed by atoms with Crippen LogP contribution in [0.4, 0.5) is 10.2 Å². The van der Waals surface area contributed by atoms with Crippen molar-refractivity contribution in [1.82, 2.24) is 24.5 Å². The third-order valence-electron chi connectivity index (χ3n) is 4.05. The van der Waals surface area contributed by atoms with Crippen molar-refractivity contribution in [2.45, 2.75) is 32.2 Å². The first-order valence-corrected chi connectivity index (χ1v) is 8.09. The van der Waals surface area contributed by atoms with Gasteiger partial charge in [0.05, 0.1) is 19.3 Å². The number of rotatable bonds is 6. The quantitative estimate of drug-likeness (QED) is 0.479. The van der Waals surface area contributed by atoms with E-state index in [9.17, 15) is 14.5 Å². The minimum absolute atomic E-state index is 0.0757. The maximum atomic E-state index is 13.6. The number of imidazole rings is 1. The van der Waals surface area contributed by atoms with E-state index in [0.29, 0.717) is 18.8 Å². The summed E-state index contributed by atoms with van der Waals surface area (Å²) in [5.41, 5.74) is -0.136. The van der Waals surface area contributed by atoms with Crippen LogP contribution in [0, 0.1) is 15.9 Å². The molecule has 0 spiro atoms. The maximum absolute atomic E-state index is 13.6. The third kappa shape index (κ3) is 3.43. The van der Waals surface area contributed by atoms with Gasteiger partial charge in [0.1, 0.15) is 24.1 Å². The average Bonchev–Trinajstić information content (AvgIpc) is 3.28. The van der Waals surface area contributed by atoms with Crippen LogP contribution in [-0.2, 0) is 19.7 Å². The van der Waals surface area contributed by atoms with Gasteiger partial charge in [-0.3, -0.25) is 4.57 Å². The first-order chi connectivity index (χ1) is 12.9. The van der Waals surface area contributed by atoms with E-state index in [1.54, 1.807) is 27.6 Å². The van der Waals surface area contributed by atoms with Crippen LogP contribution in [0.25, 0.3) is 0 Å². The summed E-state index contributed by atoms with van der Waals surface area (Å²) in [5.74, 6) is -0.550. The van der Waals surface area contributed by atoms with Crippen molar-refractivity contribution in [2.24, 2.45) is 0 Å². The van der Waals surface area contributed by atoms with Crippen LogP contribution < -0.4 is 9.47 Å². The van der Waals surface area contributed by atoms with Crippen LogP contribution in [0.5, 0.6) is 11.8 Å². The highest BCUT2D eigenvalue weighted by molar-refractivity contribution is 5.24. The highest BCUT2D eigenvalue weighted by Gasteiger charge is 2.41. The molecule has 3 aromatic rings. The number of aromatic nitrogens is 5. The number of fused-ring (bicyclic) bond motifs is 1. The zero-order chi connectivity index (χ0) is 19.0. The van der Waals surface area contributed by atoms with E-state index in [1.807, 2.05) is 6.92 Å². The number of hydrogen-bond acceptors (Lipinski definition) is 7. The zero-order valence-electron chi connectivity index (χ0n) is 14.3. The Balaban J connectivity index is 1.38. The first kappa shape index (κ1) is 16.9. The van der Waals surface area contributed by atoms with Crippen molar-refractivity contribution in [3.8, 4) is 11.8 Å². The molecule has 1 aromatic carbocycles. The summed E-state index contributed by atoms with van der Waals surface area (Å²) in [7, 11) is 0. The van der Waals surface area contributed by atoms with E-state index in [2.05, 4.69) is 15.3 Å². The fourth-order valence-electron chi connectivity index (χ4n) is 2.90. The Morgan fingerprint density at radius 1 is 1.41 bits per heavy atom. The van der Waals surface area contributed by atoms with Crippen LogP contribution >= 0.6 is 0 Å². The van der Waals surface area contributed by atoms with E-state index in [0.717, 1.165) is 0 Å². The number of para-hydroxylation sites is 1. The maximum Gasteiger partial charge on any atom is 0.415 e. The Kier molecular flexibility index (Phi) is 3.98. The number of ether oxygens (including phenoxy) is 2. The van der Waals surface area contributed by atoms with Gasteiger partial charge in [0.25, 0.3) is 0 Å². The molecule has 1 aliphatic heterocycles. The van der Waals surface area contributed by atoms with Gasteiger partial charge in [-0.05, 0) is 24.0 Å². The van der Waals surface area contributed by atoms with Crippen LogP contribution in [0.1, 0.15) is 12.6 Å². The van der Waals surface area contributed by atoms with Gasteiger partial charge < -0.3 is 19.6 Å². The van der Waals surface area contributed by atoms with Crippen LogP contribution in [-0.4, -0.2) is 35.1 Å². The summed E-state index contributed by atoms with van der Waals surface area (Å²) in [6.45, 7) is 2.68. The highest BCUT2D eigenvalue weighted by Crippen LogP contribution is 2.31. The minimum Gasteiger partial charge on any atom is -0.484 e. The topological polar surface area (TPSA) is 110 Å². The molecule has 2 aromatic heterocycles. The van der Waals surface area contributed by atoms with Crippen LogP contribution in [0.2, 0.25) is 0 Å². The Morgan fingerprint density at radius 2 is 2.22 bits per heavy atom. The van der Waals surface area contributed by atoms with Crippen LogP contribution in [0.15, 0.2) is 36.7 Å². The van der Waals surface area contributed by atoms with Gasteiger partial charge in [-0.15, -0.1) is 5.10 Å². The molecule has 10 nitrogen and oxygen atoms in total. The predicted molar refractivity (Wildman–Crippen MR) is 88.7 cm³/mol. The molecule has 0 saturated heterocycles. The van der Waals surface area contributed by atoms with Gasteiger partial charge in [-0.1, -0.05) is 17.3 Å². The second-order valence-corrected chi connectivity index (χ2v) is 6.45. The van der Waals surface area contributed by atoms with E-state index in [-0.39, 0.29) is 24.2 Å². The molecule has 0 saturated carbocycles. The molecule has 0 N–H and O–H groups in total. The molecular weight excluding hydrogens is 359 g/mol. The zero-order valence-corrected chi connectivity index (χ0v) is 14.3. The van der Waals surface area contributed by atoms with E-state index < -0.39 is 16.3 Å². The average molecular weight is 374 g/mol. The van der Waals surface area contributed by atoms with Gasteiger partial charge in [0.15, 0.2) is 11.6 Å². The molecule has 4 rings (SSSR count). The summed E-state index contributed by atoms with van der Waals surface area (Å²) >= 11 is 0. The summed E-state index contributed by atoms with van der Waals surface area (Å²) in [6, 6.07) is 6.32. The van der Waals surface area contributed by atoms with Crippen molar-refractivity contribution in [1.29, 1.82) is 0 Å². The van der Waals surface area contributed by atoms with Gasteiger partial charge in [0, 0.05) is 4.98 Å². The number of hydrogen-bond donors (Lipinski definition) is 0. The van der Waals surface area contributed by atoms with Crippen molar-refractivity contribution in [2.75, 3.05) is 0 Å². The highest BCUT2D eigenvalue weighted by atomic mass is 19.1. The first-order valence-electron chi connectivity index (χ1n) is 8.09. The molecule has 1 atom stereocenters. The Labute approximate surface area is 152 Å². The summed E-state index contributed by atoms with van der Waals surface area (Å²) in [5, 5.41) is 18.8. The molecule has 3 heterocycles. The number of nitrogens with zero attached hydrogens (tertiary/aromatic N) is 6. The lowest BCUT2D eigenvalue weighted by Gasteiger charge is -2.21. The second kappa shape index (κ2) is 6.34. The molecule has 0 amide bonds. The normalized spacial score (nSPS) is 18.1. The number of benzene rings is 1. The van der Waals surface area contributed by atoms with Crippen molar-refractivity contribution in [3.63, 3.8) is 0 Å². The molecule has 140 valence electrons.